The second-order valence-corrected chi connectivity index (χ2v) is 6.09. The van der Waals surface area contributed by atoms with E-state index < -0.39 is 0 Å². The molecule has 1 atom stereocenters. The van der Waals surface area contributed by atoms with Crippen LogP contribution in [0.3, 0.4) is 0 Å². The molecule has 3 aromatic rings. The maximum absolute atomic E-state index is 6.22. The predicted octanol–water partition coefficient (Wildman–Crippen LogP) is 4.86. The molecule has 0 radical (unpaired) electrons. The fourth-order valence-corrected chi connectivity index (χ4v) is 2.78. The number of rotatable bonds is 4. The van der Waals surface area contributed by atoms with Crippen molar-refractivity contribution in [3.63, 3.8) is 0 Å². The summed E-state index contributed by atoms with van der Waals surface area (Å²) in [4.78, 5) is 8.65. The van der Waals surface area contributed by atoms with Crippen molar-refractivity contribution in [3.8, 4) is 11.3 Å². The van der Waals surface area contributed by atoms with Crippen LogP contribution in [0.1, 0.15) is 24.1 Å². The maximum Gasteiger partial charge on any atom is 0.222 e. The molecule has 0 spiro atoms. The molecule has 24 heavy (non-hydrogen) atoms. The van der Waals surface area contributed by atoms with Crippen LogP contribution in [0.25, 0.3) is 11.3 Å². The van der Waals surface area contributed by atoms with Gasteiger partial charge in [0.2, 0.25) is 5.95 Å². The van der Waals surface area contributed by atoms with Crippen LogP contribution in [0.5, 0.6) is 0 Å². The van der Waals surface area contributed by atoms with Crippen molar-refractivity contribution in [3.05, 3.63) is 70.7 Å². The van der Waals surface area contributed by atoms with E-state index >= 15 is 0 Å². The number of hydrogen-bond donors (Lipinski definition) is 2. The van der Waals surface area contributed by atoms with Gasteiger partial charge in [-0.15, -0.1) is 0 Å². The van der Waals surface area contributed by atoms with Crippen molar-refractivity contribution in [2.24, 2.45) is 0 Å². The smallest absolute Gasteiger partial charge is 0.222 e. The number of nitrogens with zero attached hydrogens (tertiary/aromatic N) is 2. The number of nitrogens with one attached hydrogen (secondary N) is 1. The Hall–Kier alpha value is -2.59. The van der Waals surface area contributed by atoms with Crippen LogP contribution in [-0.2, 0) is 0 Å². The maximum atomic E-state index is 6.22. The van der Waals surface area contributed by atoms with E-state index in [1.165, 1.54) is 5.56 Å². The van der Waals surface area contributed by atoms with E-state index in [0.717, 1.165) is 16.8 Å². The lowest BCUT2D eigenvalue weighted by Crippen LogP contribution is -2.09. The lowest BCUT2D eigenvalue weighted by Gasteiger charge is -2.16. The standard InChI is InChI=1S/C19H19ClN4/c1-12-15(9-6-10-16(12)20)17-11-18(24-19(21)23-17)22-13(2)14-7-4-3-5-8-14/h3-11,13H,1-2H3,(H3,21,22,23,24). The van der Waals surface area contributed by atoms with Gasteiger partial charge >= 0.3 is 0 Å². The van der Waals surface area contributed by atoms with E-state index in [0.29, 0.717) is 10.8 Å². The van der Waals surface area contributed by atoms with Crippen molar-refractivity contribution in [2.75, 3.05) is 11.1 Å². The zero-order chi connectivity index (χ0) is 17.1. The Bertz CT molecular complexity index is 849. The fourth-order valence-electron chi connectivity index (χ4n) is 2.61. The van der Waals surface area contributed by atoms with Gasteiger partial charge in [-0.3, -0.25) is 0 Å². The summed E-state index contributed by atoms with van der Waals surface area (Å²) in [6.07, 6.45) is 0. The second kappa shape index (κ2) is 6.89. The Morgan fingerprint density at radius 3 is 2.54 bits per heavy atom. The van der Waals surface area contributed by atoms with Gasteiger partial charge in [0.05, 0.1) is 5.69 Å². The van der Waals surface area contributed by atoms with Crippen LogP contribution in [0, 0.1) is 6.92 Å². The molecule has 0 amide bonds. The molecule has 0 fully saturated rings. The minimum atomic E-state index is 0.105. The summed E-state index contributed by atoms with van der Waals surface area (Å²) < 4.78 is 0. The minimum absolute atomic E-state index is 0.105. The van der Waals surface area contributed by atoms with E-state index in [4.69, 9.17) is 17.3 Å². The highest BCUT2D eigenvalue weighted by molar-refractivity contribution is 6.31. The molecule has 1 unspecified atom stereocenters. The highest BCUT2D eigenvalue weighted by Crippen LogP contribution is 2.29. The molecule has 1 heterocycles. The predicted molar refractivity (Wildman–Crippen MR) is 100 cm³/mol. The summed E-state index contributed by atoms with van der Waals surface area (Å²) in [6, 6.07) is 17.9. The summed E-state index contributed by atoms with van der Waals surface area (Å²) in [6.45, 7) is 4.05. The third kappa shape index (κ3) is 3.49. The number of aromatic nitrogens is 2. The Morgan fingerprint density at radius 1 is 1.04 bits per heavy atom. The van der Waals surface area contributed by atoms with E-state index in [9.17, 15) is 0 Å². The van der Waals surface area contributed by atoms with E-state index in [2.05, 4.69) is 34.3 Å². The van der Waals surface area contributed by atoms with Crippen LogP contribution < -0.4 is 11.1 Å². The molecule has 122 valence electrons. The van der Waals surface area contributed by atoms with Gasteiger partial charge in [0.15, 0.2) is 0 Å². The molecule has 1 aromatic heterocycles. The number of benzene rings is 2. The van der Waals surface area contributed by atoms with E-state index in [-0.39, 0.29) is 12.0 Å². The molecule has 0 saturated carbocycles. The number of hydrogen-bond acceptors (Lipinski definition) is 4. The molecule has 0 aliphatic heterocycles. The SMILES string of the molecule is Cc1c(Cl)cccc1-c1cc(NC(C)c2ccccc2)nc(N)n1. The van der Waals surface area contributed by atoms with Crippen molar-refractivity contribution in [2.45, 2.75) is 19.9 Å². The van der Waals surface area contributed by atoms with Gasteiger partial charge < -0.3 is 11.1 Å². The van der Waals surface area contributed by atoms with Crippen LogP contribution in [0.4, 0.5) is 11.8 Å². The number of halogens is 1. The summed E-state index contributed by atoms with van der Waals surface area (Å²) >= 11 is 6.22. The summed E-state index contributed by atoms with van der Waals surface area (Å²) in [5.74, 6) is 0.919. The summed E-state index contributed by atoms with van der Waals surface area (Å²) in [7, 11) is 0. The lowest BCUT2D eigenvalue weighted by molar-refractivity contribution is 0.873. The Morgan fingerprint density at radius 2 is 1.79 bits per heavy atom. The Balaban J connectivity index is 1.93. The van der Waals surface area contributed by atoms with Crippen molar-refractivity contribution in [1.29, 1.82) is 0 Å². The van der Waals surface area contributed by atoms with Gasteiger partial charge in [-0.25, -0.2) is 4.98 Å². The van der Waals surface area contributed by atoms with E-state index in [1.807, 2.05) is 49.4 Å². The molecule has 5 heteroatoms. The first-order chi connectivity index (χ1) is 11.5. The first-order valence-electron chi connectivity index (χ1n) is 7.76. The molecule has 3 N–H and O–H groups in total. The molecule has 4 nitrogen and oxygen atoms in total. The molecular formula is C19H19ClN4. The van der Waals surface area contributed by atoms with E-state index in [1.54, 1.807) is 0 Å². The lowest BCUT2D eigenvalue weighted by atomic mass is 10.1. The molecule has 0 saturated heterocycles. The normalized spacial score (nSPS) is 12.0. The average Bonchev–Trinajstić information content (AvgIpc) is 2.57. The number of nitrogen functional groups attached to an aromatic ring is 1. The highest BCUT2D eigenvalue weighted by atomic mass is 35.5. The van der Waals surface area contributed by atoms with Crippen molar-refractivity contribution >= 4 is 23.4 Å². The van der Waals surface area contributed by atoms with Gasteiger partial charge in [0.25, 0.3) is 0 Å². The first-order valence-corrected chi connectivity index (χ1v) is 8.14. The molecular weight excluding hydrogens is 320 g/mol. The fraction of sp³-hybridized carbons (Fsp3) is 0.158. The van der Waals surface area contributed by atoms with Crippen molar-refractivity contribution in [1.82, 2.24) is 9.97 Å². The van der Waals surface area contributed by atoms with Crippen molar-refractivity contribution < 1.29 is 0 Å². The zero-order valence-electron chi connectivity index (χ0n) is 13.6. The molecule has 0 aliphatic carbocycles. The largest absolute Gasteiger partial charge is 0.368 e. The van der Waals surface area contributed by atoms with Crippen LogP contribution in [0.2, 0.25) is 5.02 Å². The van der Waals surface area contributed by atoms with Gasteiger partial charge in [0.1, 0.15) is 5.82 Å². The third-order valence-corrected chi connectivity index (χ3v) is 4.36. The third-order valence-electron chi connectivity index (χ3n) is 3.95. The van der Waals surface area contributed by atoms with Gasteiger partial charge in [-0.05, 0) is 31.0 Å². The molecule has 0 aliphatic rings. The zero-order valence-corrected chi connectivity index (χ0v) is 14.4. The Kier molecular flexibility index (Phi) is 4.67. The highest BCUT2D eigenvalue weighted by Gasteiger charge is 2.11. The van der Waals surface area contributed by atoms with Crippen LogP contribution >= 0.6 is 11.6 Å². The monoisotopic (exact) mass is 338 g/mol. The van der Waals surface area contributed by atoms with Gasteiger partial charge in [0, 0.05) is 22.7 Å². The molecule has 0 bridgehead atoms. The summed E-state index contributed by atoms with van der Waals surface area (Å²) in [5, 5.41) is 4.08. The minimum Gasteiger partial charge on any atom is -0.368 e. The average molecular weight is 339 g/mol. The quantitative estimate of drug-likeness (QED) is 0.713. The molecule has 3 rings (SSSR count). The number of nitrogens with two attached hydrogens (primary N) is 1. The molecule has 2 aromatic carbocycles. The topological polar surface area (TPSA) is 63.8 Å². The van der Waals surface area contributed by atoms with Crippen LogP contribution in [-0.4, -0.2) is 9.97 Å². The first kappa shape index (κ1) is 16.3. The summed E-state index contributed by atoms with van der Waals surface area (Å²) in [5.41, 5.74) is 9.76. The van der Waals surface area contributed by atoms with Gasteiger partial charge in [-0.2, -0.15) is 4.98 Å². The second-order valence-electron chi connectivity index (χ2n) is 5.69. The van der Waals surface area contributed by atoms with Gasteiger partial charge in [-0.1, -0.05) is 54.1 Å². The van der Waals surface area contributed by atoms with Crippen LogP contribution in [0.15, 0.2) is 54.6 Å². The number of anilines is 2. The Labute approximate surface area is 146 Å².